The summed E-state index contributed by atoms with van der Waals surface area (Å²) in [7, 11) is 1.50. The summed E-state index contributed by atoms with van der Waals surface area (Å²) in [6.07, 6.45) is 6.22. The van der Waals surface area contributed by atoms with Gasteiger partial charge in [-0.1, -0.05) is 50.3 Å². The Labute approximate surface area is 192 Å². The van der Waals surface area contributed by atoms with Gasteiger partial charge in [-0.2, -0.15) is 0 Å². The predicted molar refractivity (Wildman–Crippen MR) is 123 cm³/mol. The number of aliphatic carboxylic acids is 1. The molecule has 2 aromatic carbocycles. The number of amides is 2. The molecule has 6 nitrogen and oxygen atoms in total. The monoisotopic (exact) mass is 450 g/mol. The van der Waals surface area contributed by atoms with Crippen molar-refractivity contribution >= 4 is 17.8 Å². The van der Waals surface area contributed by atoms with Crippen molar-refractivity contribution in [2.24, 2.45) is 5.92 Å². The van der Waals surface area contributed by atoms with E-state index in [1.54, 1.807) is 38.1 Å². The summed E-state index contributed by atoms with van der Waals surface area (Å²) < 4.78 is 13.8. The number of nitrogens with one attached hydrogen (secondary N) is 1. The molecule has 2 atom stereocenters. The number of hydrogen-bond donors (Lipinski definition) is 2. The Morgan fingerprint density at radius 2 is 1.76 bits per heavy atom. The van der Waals surface area contributed by atoms with Gasteiger partial charge in [-0.05, 0) is 48.2 Å². The quantitative estimate of drug-likeness (QED) is 0.656. The number of rotatable bonds is 7. The number of benzene rings is 2. The first-order chi connectivity index (χ1) is 15.7. The minimum absolute atomic E-state index is 0.0123. The summed E-state index contributed by atoms with van der Waals surface area (Å²) in [5.41, 5.74) is 1.99. The Bertz CT molecular complexity index is 1110. The number of carbonyl (C=O) groups is 3. The van der Waals surface area contributed by atoms with Crippen LogP contribution in [0.5, 0.6) is 0 Å². The van der Waals surface area contributed by atoms with Gasteiger partial charge in [0.1, 0.15) is 11.9 Å². The van der Waals surface area contributed by atoms with Crippen molar-refractivity contribution in [3.8, 4) is 0 Å². The van der Waals surface area contributed by atoms with Crippen molar-refractivity contribution in [2.45, 2.75) is 32.2 Å². The maximum Gasteiger partial charge on any atom is 0.326 e. The SMILES string of the molecule is CC(C)[C@@H](C(=O)O)N(C)C(=O)c1ccc(C2C=CC(NC(=O)c3ccccc3F)=CC2)cc1. The van der Waals surface area contributed by atoms with Crippen molar-refractivity contribution in [3.63, 3.8) is 0 Å². The summed E-state index contributed by atoms with van der Waals surface area (Å²) in [4.78, 5) is 37.8. The number of halogens is 1. The van der Waals surface area contributed by atoms with E-state index in [1.807, 2.05) is 24.3 Å². The van der Waals surface area contributed by atoms with Gasteiger partial charge in [0.15, 0.2) is 0 Å². The van der Waals surface area contributed by atoms with Gasteiger partial charge in [0.2, 0.25) is 0 Å². The van der Waals surface area contributed by atoms with Crippen LogP contribution in [0.25, 0.3) is 0 Å². The van der Waals surface area contributed by atoms with Crippen LogP contribution in [0.2, 0.25) is 0 Å². The van der Waals surface area contributed by atoms with Gasteiger partial charge >= 0.3 is 5.97 Å². The highest BCUT2D eigenvalue weighted by molar-refractivity contribution is 5.97. The Kier molecular flexibility index (Phi) is 7.43. The molecule has 0 aromatic heterocycles. The molecule has 0 spiro atoms. The van der Waals surface area contributed by atoms with Crippen LogP contribution >= 0.6 is 0 Å². The fourth-order valence-corrected chi connectivity index (χ4v) is 3.90. The molecule has 2 amide bonds. The molecule has 33 heavy (non-hydrogen) atoms. The Morgan fingerprint density at radius 1 is 1.09 bits per heavy atom. The van der Waals surface area contributed by atoms with Crippen molar-refractivity contribution in [3.05, 3.63) is 95.0 Å². The number of allylic oxidation sites excluding steroid dienone is 3. The lowest BCUT2D eigenvalue weighted by Crippen LogP contribution is -2.45. The molecule has 0 saturated carbocycles. The number of likely N-dealkylation sites (N-methyl/N-ethyl adjacent to an activating group) is 1. The fourth-order valence-electron chi connectivity index (χ4n) is 3.90. The summed E-state index contributed by atoms with van der Waals surface area (Å²) in [5.74, 6) is -2.62. The lowest BCUT2D eigenvalue weighted by molar-refractivity contribution is -0.143. The minimum atomic E-state index is -1.03. The molecule has 0 saturated heterocycles. The van der Waals surface area contributed by atoms with E-state index in [4.69, 9.17) is 0 Å². The molecule has 1 aliphatic rings. The van der Waals surface area contributed by atoms with Crippen LogP contribution in [0.3, 0.4) is 0 Å². The van der Waals surface area contributed by atoms with Crippen LogP contribution in [-0.2, 0) is 4.79 Å². The third-order valence-electron chi connectivity index (χ3n) is 5.68. The molecule has 1 unspecified atom stereocenters. The van der Waals surface area contributed by atoms with E-state index in [-0.39, 0.29) is 23.3 Å². The second kappa shape index (κ2) is 10.3. The van der Waals surface area contributed by atoms with Crippen LogP contribution < -0.4 is 5.32 Å². The van der Waals surface area contributed by atoms with Gasteiger partial charge in [-0.3, -0.25) is 9.59 Å². The molecule has 7 heteroatoms. The summed E-state index contributed by atoms with van der Waals surface area (Å²) >= 11 is 0. The first-order valence-electron chi connectivity index (χ1n) is 10.7. The molecule has 2 aromatic rings. The van der Waals surface area contributed by atoms with E-state index in [1.165, 1.54) is 30.1 Å². The highest BCUT2D eigenvalue weighted by Gasteiger charge is 2.30. The number of carboxylic acids is 1. The molecule has 0 aliphatic heterocycles. The van der Waals surface area contributed by atoms with E-state index in [9.17, 15) is 23.9 Å². The van der Waals surface area contributed by atoms with Crippen LogP contribution in [-0.4, -0.2) is 40.9 Å². The topological polar surface area (TPSA) is 86.7 Å². The van der Waals surface area contributed by atoms with Crippen molar-refractivity contribution in [1.82, 2.24) is 10.2 Å². The molecule has 0 heterocycles. The standard InChI is InChI=1S/C26H27FN2O4/c1-16(2)23(26(32)33)29(3)25(31)19-10-8-17(9-11-19)18-12-14-20(15-13-18)28-24(30)21-6-4-5-7-22(21)27/h4-12,14-16,18,23H,13H2,1-3H3,(H,28,30)(H,32,33)/t18?,23-/m0/s1. The highest BCUT2D eigenvalue weighted by atomic mass is 19.1. The smallest absolute Gasteiger partial charge is 0.326 e. The summed E-state index contributed by atoms with van der Waals surface area (Å²) in [6, 6.07) is 12.0. The van der Waals surface area contributed by atoms with E-state index < -0.39 is 23.7 Å². The Balaban J connectivity index is 1.63. The summed E-state index contributed by atoms with van der Waals surface area (Å²) in [6.45, 7) is 3.53. The van der Waals surface area contributed by atoms with E-state index >= 15 is 0 Å². The lowest BCUT2D eigenvalue weighted by Gasteiger charge is -2.28. The molecule has 2 N–H and O–H groups in total. The van der Waals surface area contributed by atoms with E-state index in [0.29, 0.717) is 17.7 Å². The van der Waals surface area contributed by atoms with Gasteiger partial charge < -0.3 is 15.3 Å². The maximum atomic E-state index is 13.8. The molecular weight excluding hydrogens is 423 g/mol. The van der Waals surface area contributed by atoms with Crippen molar-refractivity contribution in [1.29, 1.82) is 0 Å². The molecule has 3 rings (SSSR count). The van der Waals surface area contributed by atoms with Crippen LogP contribution in [0.1, 0.15) is 52.5 Å². The molecule has 0 fully saturated rings. The number of nitrogens with zero attached hydrogens (tertiary/aromatic N) is 1. The zero-order chi connectivity index (χ0) is 24.1. The molecule has 1 aliphatic carbocycles. The fraction of sp³-hybridized carbons (Fsp3) is 0.269. The largest absolute Gasteiger partial charge is 0.480 e. The first kappa shape index (κ1) is 23.9. The van der Waals surface area contributed by atoms with Crippen LogP contribution in [0, 0.1) is 11.7 Å². The third-order valence-corrected chi connectivity index (χ3v) is 5.68. The van der Waals surface area contributed by atoms with Gasteiger partial charge in [0.05, 0.1) is 5.56 Å². The first-order valence-corrected chi connectivity index (χ1v) is 10.7. The van der Waals surface area contributed by atoms with Gasteiger partial charge in [0.25, 0.3) is 11.8 Å². The van der Waals surface area contributed by atoms with Crippen LogP contribution in [0.4, 0.5) is 4.39 Å². The third kappa shape index (κ3) is 5.55. The second-order valence-corrected chi connectivity index (χ2v) is 8.36. The lowest BCUT2D eigenvalue weighted by atomic mass is 9.91. The van der Waals surface area contributed by atoms with Crippen molar-refractivity contribution in [2.75, 3.05) is 7.05 Å². The number of carboxylic acid groups (broad SMARTS) is 1. The van der Waals surface area contributed by atoms with Gasteiger partial charge in [0, 0.05) is 24.2 Å². The van der Waals surface area contributed by atoms with Gasteiger partial charge in [-0.25, -0.2) is 9.18 Å². The maximum absolute atomic E-state index is 13.8. The number of carbonyl (C=O) groups excluding carboxylic acids is 2. The average Bonchev–Trinajstić information content (AvgIpc) is 2.79. The zero-order valence-electron chi connectivity index (χ0n) is 18.8. The molecular formula is C26H27FN2O4. The van der Waals surface area contributed by atoms with E-state index in [2.05, 4.69) is 5.32 Å². The number of hydrogen-bond acceptors (Lipinski definition) is 3. The van der Waals surface area contributed by atoms with Gasteiger partial charge in [-0.15, -0.1) is 0 Å². The Morgan fingerprint density at radius 3 is 2.30 bits per heavy atom. The predicted octanol–water partition coefficient (Wildman–Crippen LogP) is 4.36. The average molecular weight is 451 g/mol. The normalized spacial score (nSPS) is 16.2. The molecule has 0 bridgehead atoms. The highest BCUT2D eigenvalue weighted by Crippen LogP contribution is 2.27. The Hall–Kier alpha value is -3.74. The van der Waals surface area contributed by atoms with Crippen molar-refractivity contribution < 1.29 is 23.9 Å². The minimum Gasteiger partial charge on any atom is -0.480 e. The second-order valence-electron chi connectivity index (χ2n) is 8.36. The van der Waals surface area contributed by atoms with Crippen LogP contribution in [0.15, 0.2) is 72.5 Å². The molecule has 172 valence electrons. The van der Waals surface area contributed by atoms with E-state index in [0.717, 1.165) is 5.56 Å². The molecule has 0 radical (unpaired) electrons. The zero-order valence-corrected chi connectivity index (χ0v) is 18.8. The summed E-state index contributed by atoms with van der Waals surface area (Å²) in [5, 5.41) is 12.1.